The van der Waals surface area contributed by atoms with Crippen LogP contribution in [0, 0.1) is 11.3 Å². The first-order chi connectivity index (χ1) is 10.2. The van der Waals surface area contributed by atoms with Crippen LogP contribution in [0.1, 0.15) is 12.5 Å². The summed E-state index contributed by atoms with van der Waals surface area (Å²) in [5.41, 5.74) is 0.466. The van der Waals surface area contributed by atoms with Gasteiger partial charge in [0.1, 0.15) is 6.54 Å². The molecule has 0 unspecified atom stereocenters. The number of carbonyl (C=O) groups excluding carboxylic acids is 2. The molecule has 2 N–H and O–H groups in total. The molecule has 0 aromatic heterocycles. The summed E-state index contributed by atoms with van der Waals surface area (Å²) in [7, 11) is 0. The first kappa shape index (κ1) is 17.8. The minimum Gasteiger partial charge on any atom is -0.329 e. The standard InChI is InChI=1S/C13H12F3N3O2S/c1-8(22-10-4-2-9(6-17)3-5-10)11(20)19-12(21)18-7-13(14,15)16/h2-5,8H,7H2,1H3,(H2,18,19,20,21)/t8-/m1/s1. The molecule has 1 atom stereocenters. The van der Waals surface area contributed by atoms with E-state index < -0.39 is 29.9 Å². The molecule has 1 aromatic rings. The summed E-state index contributed by atoms with van der Waals surface area (Å²) in [6.07, 6.45) is -4.54. The molecule has 0 saturated heterocycles. The van der Waals surface area contributed by atoms with E-state index in [0.29, 0.717) is 10.5 Å². The van der Waals surface area contributed by atoms with Crippen molar-refractivity contribution in [3.63, 3.8) is 0 Å². The Balaban J connectivity index is 2.47. The number of hydrogen-bond donors (Lipinski definition) is 2. The SMILES string of the molecule is C[C@@H](Sc1ccc(C#N)cc1)C(=O)NC(=O)NCC(F)(F)F. The van der Waals surface area contributed by atoms with E-state index in [1.807, 2.05) is 11.4 Å². The van der Waals surface area contributed by atoms with E-state index in [9.17, 15) is 22.8 Å². The fourth-order valence-corrected chi connectivity index (χ4v) is 2.17. The van der Waals surface area contributed by atoms with Gasteiger partial charge >= 0.3 is 12.2 Å². The van der Waals surface area contributed by atoms with Gasteiger partial charge < -0.3 is 5.32 Å². The van der Waals surface area contributed by atoms with Gasteiger partial charge in [-0.25, -0.2) is 4.79 Å². The third-order valence-electron chi connectivity index (χ3n) is 2.35. The fourth-order valence-electron chi connectivity index (χ4n) is 1.30. The Kier molecular flexibility index (Phi) is 6.24. The number of amides is 3. The first-order valence-electron chi connectivity index (χ1n) is 6.03. The van der Waals surface area contributed by atoms with E-state index in [0.717, 1.165) is 11.8 Å². The zero-order valence-electron chi connectivity index (χ0n) is 11.4. The first-order valence-corrected chi connectivity index (χ1v) is 6.91. The summed E-state index contributed by atoms with van der Waals surface area (Å²) in [4.78, 5) is 23.5. The number of imide groups is 1. The number of halogens is 3. The van der Waals surface area contributed by atoms with E-state index in [-0.39, 0.29) is 0 Å². The van der Waals surface area contributed by atoms with Gasteiger partial charge in [-0.1, -0.05) is 0 Å². The third-order valence-corrected chi connectivity index (χ3v) is 3.46. The van der Waals surface area contributed by atoms with Crippen molar-refractivity contribution < 1.29 is 22.8 Å². The molecule has 118 valence electrons. The van der Waals surface area contributed by atoms with Crippen LogP contribution >= 0.6 is 11.8 Å². The van der Waals surface area contributed by atoms with Gasteiger partial charge in [0.25, 0.3) is 0 Å². The van der Waals surface area contributed by atoms with Crippen LogP contribution in [0.15, 0.2) is 29.2 Å². The van der Waals surface area contributed by atoms with Crippen molar-refractivity contribution in [2.24, 2.45) is 0 Å². The van der Waals surface area contributed by atoms with Crippen molar-refractivity contribution in [1.82, 2.24) is 10.6 Å². The van der Waals surface area contributed by atoms with E-state index >= 15 is 0 Å². The molecular formula is C13H12F3N3O2S. The molecule has 1 rings (SSSR count). The van der Waals surface area contributed by atoms with E-state index in [1.54, 1.807) is 29.6 Å². The molecular weight excluding hydrogens is 319 g/mol. The Hall–Kier alpha value is -2.21. The van der Waals surface area contributed by atoms with E-state index in [1.165, 1.54) is 6.92 Å². The summed E-state index contributed by atoms with van der Waals surface area (Å²) in [5.74, 6) is -0.714. The Morgan fingerprint density at radius 1 is 1.32 bits per heavy atom. The van der Waals surface area contributed by atoms with E-state index in [2.05, 4.69) is 0 Å². The van der Waals surface area contributed by atoms with Crippen molar-refractivity contribution in [2.45, 2.75) is 23.2 Å². The van der Waals surface area contributed by atoms with Crippen LogP contribution in [0.2, 0.25) is 0 Å². The van der Waals surface area contributed by atoms with Crippen molar-refractivity contribution in [1.29, 1.82) is 5.26 Å². The summed E-state index contributed by atoms with van der Waals surface area (Å²) < 4.78 is 35.7. The third kappa shape index (κ3) is 6.49. The lowest BCUT2D eigenvalue weighted by Gasteiger charge is -2.12. The summed E-state index contributed by atoms with van der Waals surface area (Å²) >= 11 is 1.11. The van der Waals surface area contributed by atoms with Gasteiger partial charge in [0.05, 0.1) is 16.9 Å². The second-order valence-electron chi connectivity index (χ2n) is 4.18. The average molecular weight is 331 g/mol. The molecule has 0 aliphatic heterocycles. The van der Waals surface area contributed by atoms with Gasteiger partial charge in [-0.3, -0.25) is 10.1 Å². The van der Waals surface area contributed by atoms with Crippen LogP contribution in [0.5, 0.6) is 0 Å². The maximum atomic E-state index is 11.9. The minimum absolute atomic E-state index is 0.466. The number of thioether (sulfide) groups is 1. The zero-order chi connectivity index (χ0) is 16.8. The fraction of sp³-hybridized carbons (Fsp3) is 0.308. The van der Waals surface area contributed by atoms with Crippen LogP contribution in [0.4, 0.5) is 18.0 Å². The molecule has 0 spiro atoms. The zero-order valence-corrected chi connectivity index (χ0v) is 12.2. The van der Waals surface area contributed by atoms with Crippen molar-refractivity contribution in [2.75, 3.05) is 6.54 Å². The van der Waals surface area contributed by atoms with Crippen LogP contribution in [-0.2, 0) is 4.79 Å². The monoisotopic (exact) mass is 331 g/mol. The highest BCUT2D eigenvalue weighted by Gasteiger charge is 2.28. The smallest absolute Gasteiger partial charge is 0.329 e. The number of hydrogen-bond acceptors (Lipinski definition) is 4. The molecule has 9 heteroatoms. The molecule has 1 aromatic carbocycles. The molecule has 5 nitrogen and oxygen atoms in total. The molecule has 3 amide bonds. The van der Waals surface area contributed by atoms with E-state index in [4.69, 9.17) is 5.26 Å². The molecule has 0 fully saturated rings. The lowest BCUT2D eigenvalue weighted by molar-refractivity contribution is -0.124. The Morgan fingerprint density at radius 2 is 1.91 bits per heavy atom. The molecule has 0 heterocycles. The average Bonchev–Trinajstić information content (AvgIpc) is 2.45. The van der Waals surface area contributed by atoms with Crippen LogP contribution in [-0.4, -0.2) is 29.9 Å². The van der Waals surface area contributed by atoms with Crippen LogP contribution < -0.4 is 10.6 Å². The number of alkyl halides is 3. The number of nitrogens with zero attached hydrogens (tertiary/aromatic N) is 1. The minimum atomic E-state index is -4.54. The molecule has 22 heavy (non-hydrogen) atoms. The van der Waals surface area contributed by atoms with Gasteiger partial charge in [-0.15, -0.1) is 11.8 Å². The predicted octanol–water partition coefficient (Wildman–Crippen LogP) is 2.43. The Morgan fingerprint density at radius 3 is 2.41 bits per heavy atom. The highest BCUT2D eigenvalue weighted by atomic mass is 32.2. The Labute approximate surface area is 128 Å². The van der Waals surface area contributed by atoms with Crippen molar-refractivity contribution >= 4 is 23.7 Å². The van der Waals surface area contributed by atoms with Gasteiger partial charge in [0.15, 0.2) is 0 Å². The second-order valence-corrected chi connectivity index (χ2v) is 5.60. The quantitative estimate of drug-likeness (QED) is 0.830. The largest absolute Gasteiger partial charge is 0.405 e. The number of benzene rings is 1. The number of carbonyl (C=O) groups is 2. The van der Waals surface area contributed by atoms with Crippen LogP contribution in [0.3, 0.4) is 0 Å². The molecule has 0 saturated carbocycles. The number of nitrogens with one attached hydrogen (secondary N) is 2. The van der Waals surface area contributed by atoms with Gasteiger partial charge in [-0.05, 0) is 31.2 Å². The normalized spacial score (nSPS) is 12.1. The lowest BCUT2D eigenvalue weighted by Crippen LogP contribution is -2.45. The maximum absolute atomic E-state index is 11.9. The highest BCUT2D eigenvalue weighted by molar-refractivity contribution is 8.00. The summed E-state index contributed by atoms with van der Waals surface area (Å²) in [6, 6.07) is 7.17. The van der Waals surface area contributed by atoms with Crippen molar-refractivity contribution in [3.05, 3.63) is 29.8 Å². The van der Waals surface area contributed by atoms with Gasteiger partial charge in [-0.2, -0.15) is 18.4 Å². The van der Waals surface area contributed by atoms with Crippen LogP contribution in [0.25, 0.3) is 0 Å². The number of nitriles is 1. The van der Waals surface area contributed by atoms with Gasteiger partial charge in [0, 0.05) is 4.90 Å². The Bertz CT molecular complexity index is 582. The molecule has 0 aliphatic carbocycles. The van der Waals surface area contributed by atoms with Crippen molar-refractivity contribution in [3.8, 4) is 6.07 Å². The molecule has 0 bridgehead atoms. The summed E-state index contributed by atoms with van der Waals surface area (Å²) in [6.45, 7) is -0.00149. The van der Waals surface area contributed by atoms with Gasteiger partial charge in [0.2, 0.25) is 5.91 Å². The highest BCUT2D eigenvalue weighted by Crippen LogP contribution is 2.23. The lowest BCUT2D eigenvalue weighted by atomic mass is 10.2. The molecule has 0 aliphatic rings. The maximum Gasteiger partial charge on any atom is 0.405 e. The predicted molar refractivity (Wildman–Crippen MR) is 74.1 cm³/mol. The topological polar surface area (TPSA) is 82.0 Å². The number of rotatable bonds is 4. The number of urea groups is 1. The molecule has 0 radical (unpaired) electrons. The second kappa shape index (κ2) is 7.70. The summed E-state index contributed by atoms with van der Waals surface area (Å²) in [5, 5.41) is 11.3.